The number of aryl methyl sites for hydroxylation is 2. The topological polar surface area (TPSA) is 85.1 Å². The van der Waals surface area contributed by atoms with Crippen LogP contribution in [0.4, 0.5) is 15.2 Å². The van der Waals surface area contributed by atoms with Crippen LogP contribution in [0.1, 0.15) is 27.3 Å². The van der Waals surface area contributed by atoms with Crippen LogP contribution in [0, 0.1) is 15.9 Å². The highest BCUT2D eigenvalue weighted by Crippen LogP contribution is 2.30. The van der Waals surface area contributed by atoms with Gasteiger partial charge in [0.05, 0.1) is 10.6 Å². The number of hydrogen-bond donors (Lipinski definition) is 1. The van der Waals surface area contributed by atoms with E-state index < -0.39 is 22.3 Å². The van der Waals surface area contributed by atoms with E-state index in [-0.39, 0.29) is 5.56 Å². The zero-order chi connectivity index (χ0) is 15.0. The fourth-order valence-electron chi connectivity index (χ4n) is 2.21. The van der Waals surface area contributed by atoms with Gasteiger partial charge in [0.2, 0.25) is 5.82 Å². The second kappa shape index (κ2) is 5.21. The Kier molecular flexibility index (Phi) is 3.38. The summed E-state index contributed by atoms with van der Waals surface area (Å²) in [5, 5.41) is 13.7. The number of anilines is 1. The molecule has 3 rings (SSSR count). The van der Waals surface area contributed by atoms with Gasteiger partial charge in [0.25, 0.3) is 5.91 Å². The number of nitrogens with one attached hydrogen (secondary N) is 1. The van der Waals surface area contributed by atoms with Gasteiger partial charge in [-0.15, -0.1) is 11.3 Å². The predicted molar refractivity (Wildman–Crippen MR) is 75.1 cm³/mol. The lowest BCUT2D eigenvalue weighted by molar-refractivity contribution is -0.387. The SMILES string of the molecule is O=C(Nc1nc2c(s1)CCC2)c1ccc(F)c([N+](=O)[O-])c1. The summed E-state index contributed by atoms with van der Waals surface area (Å²) in [7, 11) is 0. The zero-order valence-electron chi connectivity index (χ0n) is 10.8. The molecule has 1 heterocycles. The number of aromatic nitrogens is 1. The molecule has 2 aromatic rings. The number of amides is 1. The van der Waals surface area contributed by atoms with Crippen LogP contribution < -0.4 is 5.32 Å². The molecule has 1 aromatic heterocycles. The number of halogens is 1. The molecule has 0 bridgehead atoms. The maximum absolute atomic E-state index is 13.2. The Morgan fingerprint density at radius 2 is 2.24 bits per heavy atom. The summed E-state index contributed by atoms with van der Waals surface area (Å²) >= 11 is 1.41. The largest absolute Gasteiger partial charge is 0.305 e. The highest BCUT2D eigenvalue weighted by atomic mass is 32.1. The third-order valence-electron chi connectivity index (χ3n) is 3.22. The van der Waals surface area contributed by atoms with E-state index in [2.05, 4.69) is 10.3 Å². The van der Waals surface area contributed by atoms with Gasteiger partial charge >= 0.3 is 5.69 Å². The zero-order valence-corrected chi connectivity index (χ0v) is 11.6. The molecule has 1 amide bonds. The Hall–Kier alpha value is -2.35. The van der Waals surface area contributed by atoms with Crippen LogP contribution in [0.5, 0.6) is 0 Å². The molecule has 1 aromatic carbocycles. The summed E-state index contributed by atoms with van der Waals surface area (Å²) in [5.74, 6) is -1.50. The first kappa shape index (κ1) is 13.6. The van der Waals surface area contributed by atoms with Crippen LogP contribution in [0.3, 0.4) is 0 Å². The van der Waals surface area contributed by atoms with Crippen LogP contribution in [0.2, 0.25) is 0 Å². The predicted octanol–water partition coefficient (Wildman–Crippen LogP) is 2.93. The first-order valence-electron chi connectivity index (χ1n) is 6.28. The van der Waals surface area contributed by atoms with Crippen LogP contribution >= 0.6 is 11.3 Å². The van der Waals surface area contributed by atoms with E-state index in [9.17, 15) is 19.3 Å². The Morgan fingerprint density at radius 3 is 2.95 bits per heavy atom. The first-order chi connectivity index (χ1) is 10.0. The third kappa shape index (κ3) is 2.62. The van der Waals surface area contributed by atoms with E-state index in [0.29, 0.717) is 5.13 Å². The summed E-state index contributed by atoms with van der Waals surface area (Å²) in [5.41, 5.74) is 0.308. The van der Waals surface area contributed by atoms with Crippen LogP contribution in [-0.2, 0) is 12.8 Å². The number of nitrogens with zero attached hydrogens (tertiary/aromatic N) is 2. The minimum atomic E-state index is -0.968. The van der Waals surface area contributed by atoms with Crippen molar-refractivity contribution in [2.45, 2.75) is 19.3 Å². The second-order valence-corrected chi connectivity index (χ2v) is 5.70. The number of rotatable bonds is 3. The highest BCUT2D eigenvalue weighted by Gasteiger charge is 2.20. The quantitative estimate of drug-likeness (QED) is 0.698. The summed E-state index contributed by atoms with van der Waals surface area (Å²) in [6, 6.07) is 3.04. The average Bonchev–Trinajstić information content (AvgIpc) is 2.99. The van der Waals surface area contributed by atoms with Crippen molar-refractivity contribution < 1.29 is 14.1 Å². The normalized spacial score (nSPS) is 13.0. The molecule has 1 N–H and O–H groups in total. The van der Waals surface area contributed by atoms with Gasteiger partial charge in [-0.3, -0.25) is 20.2 Å². The third-order valence-corrected chi connectivity index (χ3v) is 4.29. The lowest BCUT2D eigenvalue weighted by Crippen LogP contribution is -2.12. The molecule has 21 heavy (non-hydrogen) atoms. The van der Waals surface area contributed by atoms with Gasteiger partial charge in [0.1, 0.15) is 0 Å². The lowest BCUT2D eigenvalue weighted by atomic mass is 10.2. The molecule has 0 radical (unpaired) electrons. The van der Waals surface area contributed by atoms with Gasteiger partial charge in [-0.2, -0.15) is 4.39 Å². The minimum Gasteiger partial charge on any atom is -0.298 e. The summed E-state index contributed by atoms with van der Waals surface area (Å²) < 4.78 is 13.2. The van der Waals surface area contributed by atoms with Gasteiger partial charge in [0.15, 0.2) is 5.13 Å². The Labute approximate surface area is 122 Å². The standard InChI is InChI=1S/C13H10FN3O3S/c14-8-5-4-7(6-10(8)17(19)20)12(18)16-13-15-9-2-1-3-11(9)21-13/h4-6H,1-3H2,(H,15,16,18). The van der Waals surface area contributed by atoms with E-state index in [1.807, 2.05) is 0 Å². The molecular formula is C13H10FN3O3S. The van der Waals surface area contributed by atoms with Crippen molar-refractivity contribution in [3.63, 3.8) is 0 Å². The molecule has 108 valence electrons. The smallest absolute Gasteiger partial charge is 0.298 e. The van der Waals surface area contributed by atoms with Crippen molar-refractivity contribution in [3.05, 3.63) is 50.3 Å². The number of carbonyl (C=O) groups is 1. The molecule has 1 aliphatic carbocycles. The Morgan fingerprint density at radius 1 is 1.43 bits per heavy atom. The van der Waals surface area contributed by atoms with E-state index in [0.717, 1.165) is 42.0 Å². The van der Waals surface area contributed by atoms with E-state index in [1.54, 1.807) is 0 Å². The van der Waals surface area contributed by atoms with Crippen molar-refractivity contribution in [1.29, 1.82) is 0 Å². The van der Waals surface area contributed by atoms with Gasteiger partial charge in [-0.25, -0.2) is 4.98 Å². The molecule has 1 aliphatic rings. The number of hydrogen-bond acceptors (Lipinski definition) is 5. The van der Waals surface area contributed by atoms with E-state index in [1.165, 1.54) is 17.4 Å². The second-order valence-electron chi connectivity index (χ2n) is 4.62. The number of nitro groups is 1. The molecule has 0 saturated carbocycles. The van der Waals surface area contributed by atoms with Crippen LogP contribution in [0.25, 0.3) is 0 Å². The number of nitro benzene ring substituents is 1. The minimum absolute atomic E-state index is 0.0264. The molecule has 8 heteroatoms. The molecular weight excluding hydrogens is 297 g/mol. The molecule has 0 aliphatic heterocycles. The molecule has 0 unspecified atom stereocenters. The monoisotopic (exact) mass is 307 g/mol. The van der Waals surface area contributed by atoms with Crippen molar-refractivity contribution >= 4 is 28.1 Å². The van der Waals surface area contributed by atoms with E-state index in [4.69, 9.17) is 0 Å². The van der Waals surface area contributed by atoms with Crippen molar-refractivity contribution in [3.8, 4) is 0 Å². The van der Waals surface area contributed by atoms with Crippen molar-refractivity contribution in [2.24, 2.45) is 0 Å². The molecule has 0 spiro atoms. The Bertz CT molecular complexity index is 723. The van der Waals surface area contributed by atoms with Crippen LogP contribution in [0.15, 0.2) is 18.2 Å². The number of carbonyl (C=O) groups excluding carboxylic acids is 1. The highest BCUT2D eigenvalue weighted by molar-refractivity contribution is 7.15. The molecule has 0 atom stereocenters. The lowest BCUT2D eigenvalue weighted by Gasteiger charge is -2.02. The van der Waals surface area contributed by atoms with Gasteiger partial charge in [-0.1, -0.05) is 0 Å². The van der Waals surface area contributed by atoms with Crippen molar-refractivity contribution in [1.82, 2.24) is 4.98 Å². The maximum atomic E-state index is 13.2. The van der Waals surface area contributed by atoms with Gasteiger partial charge in [-0.05, 0) is 31.4 Å². The fourth-order valence-corrected chi connectivity index (χ4v) is 3.25. The average molecular weight is 307 g/mol. The number of thiazole rings is 1. The number of benzene rings is 1. The number of fused-ring (bicyclic) bond motifs is 1. The van der Waals surface area contributed by atoms with E-state index >= 15 is 0 Å². The van der Waals surface area contributed by atoms with Gasteiger partial charge in [0, 0.05) is 16.5 Å². The molecule has 0 saturated heterocycles. The summed E-state index contributed by atoms with van der Waals surface area (Å²) in [6.45, 7) is 0. The first-order valence-corrected chi connectivity index (χ1v) is 7.10. The van der Waals surface area contributed by atoms with Crippen molar-refractivity contribution in [2.75, 3.05) is 5.32 Å². The van der Waals surface area contributed by atoms with Gasteiger partial charge < -0.3 is 0 Å². The maximum Gasteiger partial charge on any atom is 0.305 e. The molecule has 6 nitrogen and oxygen atoms in total. The fraction of sp³-hybridized carbons (Fsp3) is 0.231. The van der Waals surface area contributed by atoms with Crippen LogP contribution in [-0.4, -0.2) is 15.8 Å². The molecule has 0 fully saturated rings. The Balaban J connectivity index is 1.81. The summed E-state index contributed by atoms with van der Waals surface area (Å²) in [4.78, 5) is 27.3. The summed E-state index contributed by atoms with van der Waals surface area (Å²) in [6.07, 6.45) is 2.95.